The van der Waals surface area contributed by atoms with Gasteiger partial charge < -0.3 is 10.8 Å². The predicted octanol–water partition coefficient (Wildman–Crippen LogP) is 0.554. The summed E-state index contributed by atoms with van der Waals surface area (Å²) < 4.78 is 39.9. The number of primary amides is 1. The maximum absolute atomic E-state index is 12.8. The maximum atomic E-state index is 12.8. The number of carbonyl (C=O) groups is 1. The van der Waals surface area contributed by atoms with Crippen LogP contribution >= 0.6 is 11.6 Å². The second-order valence-electron chi connectivity index (χ2n) is 5.90. The molecule has 0 bridgehead atoms. The SMILES string of the molecule is NC(=O)c1nc(Cn2nc(-c3ccc(Cl)cc3)n(C[C@H](O)C(F)(F)F)c2=O)n[nH]1. The van der Waals surface area contributed by atoms with Gasteiger partial charge in [-0.3, -0.25) is 14.5 Å². The number of aliphatic hydroxyl groups is 1. The van der Waals surface area contributed by atoms with E-state index in [1.54, 1.807) is 0 Å². The predicted molar refractivity (Wildman–Crippen MR) is 93.0 cm³/mol. The minimum Gasteiger partial charge on any atom is -0.382 e. The Morgan fingerprint density at radius 1 is 1.31 bits per heavy atom. The lowest BCUT2D eigenvalue weighted by molar-refractivity contribution is -0.207. The Labute approximate surface area is 164 Å². The first kappa shape index (κ1) is 20.5. The molecule has 14 heteroatoms. The van der Waals surface area contributed by atoms with E-state index < -0.39 is 30.4 Å². The van der Waals surface area contributed by atoms with Crippen LogP contribution in [0.4, 0.5) is 13.2 Å². The van der Waals surface area contributed by atoms with Crippen molar-refractivity contribution in [2.75, 3.05) is 0 Å². The van der Waals surface area contributed by atoms with E-state index in [1.807, 2.05) is 0 Å². The van der Waals surface area contributed by atoms with Crippen LogP contribution in [0, 0.1) is 0 Å². The van der Waals surface area contributed by atoms with Gasteiger partial charge in [-0.15, -0.1) is 5.10 Å². The molecule has 1 atom stereocenters. The molecular weight excluding hydrogens is 419 g/mol. The van der Waals surface area contributed by atoms with Crippen molar-refractivity contribution in [2.45, 2.75) is 25.4 Å². The number of halogens is 4. The van der Waals surface area contributed by atoms with Crippen molar-refractivity contribution in [3.8, 4) is 11.4 Å². The number of carbonyl (C=O) groups excluding carboxylic acids is 1. The number of benzene rings is 1. The van der Waals surface area contributed by atoms with Gasteiger partial charge in [0.2, 0.25) is 5.82 Å². The lowest BCUT2D eigenvalue weighted by Gasteiger charge is -2.15. The Morgan fingerprint density at radius 2 is 1.97 bits per heavy atom. The van der Waals surface area contributed by atoms with E-state index in [0.717, 1.165) is 4.68 Å². The number of aromatic amines is 1. The van der Waals surface area contributed by atoms with E-state index in [1.165, 1.54) is 24.3 Å². The number of nitrogens with two attached hydrogens (primary N) is 1. The van der Waals surface area contributed by atoms with Gasteiger partial charge in [0.25, 0.3) is 5.91 Å². The highest BCUT2D eigenvalue weighted by molar-refractivity contribution is 6.30. The Bertz CT molecular complexity index is 1090. The highest BCUT2D eigenvalue weighted by atomic mass is 35.5. The Hall–Kier alpha value is -3.19. The number of nitrogens with zero attached hydrogens (tertiary/aromatic N) is 5. The standard InChI is InChI=1S/C15H13ClF3N7O3/c16-8-3-1-7(2-4-8)13-24-26(6-10-21-12(11(20)28)23-22-10)14(29)25(13)5-9(27)15(17,18)19/h1-4,9,27H,5-6H2,(H2,20,28)(H,21,22,23)/t9-/m0/s1. The molecule has 154 valence electrons. The third-order valence-electron chi connectivity index (χ3n) is 3.81. The zero-order chi connectivity index (χ0) is 21.3. The van der Waals surface area contributed by atoms with Gasteiger partial charge in [-0.1, -0.05) is 11.6 Å². The van der Waals surface area contributed by atoms with E-state index >= 15 is 0 Å². The van der Waals surface area contributed by atoms with Crippen molar-refractivity contribution < 1.29 is 23.1 Å². The molecule has 0 aliphatic heterocycles. The van der Waals surface area contributed by atoms with Crippen LogP contribution in [0.3, 0.4) is 0 Å². The molecule has 0 saturated carbocycles. The van der Waals surface area contributed by atoms with Crippen molar-refractivity contribution in [2.24, 2.45) is 5.73 Å². The number of hydrogen-bond acceptors (Lipinski definition) is 6. The van der Waals surface area contributed by atoms with Gasteiger partial charge in [0, 0.05) is 10.6 Å². The van der Waals surface area contributed by atoms with E-state index in [2.05, 4.69) is 20.3 Å². The topological polar surface area (TPSA) is 145 Å². The van der Waals surface area contributed by atoms with E-state index in [0.29, 0.717) is 15.2 Å². The minimum absolute atomic E-state index is 0.0374. The molecule has 1 aromatic carbocycles. The number of aromatic nitrogens is 6. The second-order valence-corrected chi connectivity index (χ2v) is 6.34. The van der Waals surface area contributed by atoms with E-state index in [4.69, 9.17) is 17.3 Å². The molecule has 3 rings (SSSR count). The monoisotopic (exact) mass is 431 g/mol. The Balaban J connectivity index is 2.03. The zero-order valence-corrected chi connectivity index (χ0v) is 15.1. The summed E-state index contributed by atoms with van der Waals surface area (Å²) in [7, 11) is 0. The quantitative estimate of drug-likeness (QED) is 0.520. The molecule has 0 fully saturated rings. The van der Waals surface area contributed by atoms with Gasteiger partial charge in [0.1, 0.15) is 6.54 Å². The fourth-order valence-electron chi connectivity index (χ4n) is 2.41. The fourth-order valence-corrected chi connectivity index (χ4v) is 2.53. The van der Waals surface area contributed by atoms with E-state index in [-0.39, 0.29) is 24.0 Å². The molecule has 2 heterocycles. The number of aliphatic hydroxyl groups excluding tert-OH is 1. The Kier molecular flexibility index (Phi) is 5.44. The number of H-pyrrole nitrogens is 1. The minimum atomic E-state index is -4.93. The summed E-state index contributed by atoms with van der Waals surface area (Å²) in [6.07, 6.45) is -7.72. The summed E-state index contributed by atoms with van der Waals surface area (Å²) in [5.74, 6) is -1.29. The summed E-state index contributed by atoms with van der Waals surface area (Å²) in [6.45, 7) is -1.42. The lowest BCUT2D eigenvalue weighted by Crippen LogP contribution is -2.37. The lowest BCUT2D eigenvalue weighted by atomic mass is 10.2. The smallest absolute Gasteiger partial charge is 0.382 e. The number of nitrogens with one attached hydrogen (secondary N) is 1. The second kappa shape index (κ2) is 7.67. The highest BCUT2D eigenvalue weighted by Gasteiger charge is 2.39. The van der Waals surface area contributed by atoms with E-state index in [9.17, 15) is 27.9 Å². The third kappa shape index (κ3) is 4.46. The van der Waals surface area contributed by atoms with Crippen LogP contribution in [0.15, 0.2) is 29.1 Å². The number of rotatable bonds is 6. The van der Waals surface area contributed by atoms with Crippen LogP contribution in [0.5, 0.6) is 0 Å². The molecule has 0 spiro atoms. The van der Waals surface area contributed by atoms with Gasteiger partial charge in [0.05, 0.1) is 6.54 Å². The zero-order valence-electron chi connectivity index (χ0n) is 14.4. The maximum Gasteiger partial charge on any atom is 0.416 e. The summed E-state index contributed by atoms with van der Waals surface area (Å²) in [5, 5.41) is 19.8. The number of alkyl halides is 3. The van der Waals surface area contributed by atoms with Crippen LogP contribution in [-0.2, 0) is 13.1 Å². The molecule has 0 radical (unpaired) electrons. The van der Waals surface area contributed by atoms with Crippen molar-refractivity contribution in [1.29, 1.82) is 0 Å². The van der Waals surface area contributed by atoms with Crippen molar-refractivity contribution in [3.63, 3.8) is 0 Å². The summed E-state index contributed by atoms with van der Waals surface area (Å²) >= 11 is 5.81. The highest BCUT2D eigenvalue weighted by Crippen LogP contribution is 2.24. The van der Waals surface area contributed by atoms with Gasteiger partial charge >= 0.3 is 11.9 Å². The molecule has 0 saturated heterocycles. The molecule has 0 aliphatic rings. The first-order chi connectivity index (χ1) is 13.6. The molecular formula is C15H13ClF3N7O3. The summed E-state index contributed by atoms with van der Waals surface area (Å²) in [6, 6.07) is 5.87. The average Bonchev–Trinajstić information content (AvgIpc) is 3.22. The van der Waals surface area contributed by atoms with Gasteiger partial charge in [-0.05, 0) is 24.3 Å². The molecule has 4 N–H and O–H groups in total. The number of amides is 1. The molecule has 2 aromatic heterocycles. The summed E-state index contributed by atoms with van der Waals surface area (Å²) in [5.41, 5.74) is 4.41. The van der Waals surface area contributed by atoms with Crippen LogP contribution in [-0.4, -0.2) is 52.8 Å². The van der Waals surface area contributed by atoms with Crippen LogP contribution in [0.25, 0.3) is 11.4 Å². The first-order valence-electron chi connectivity index (χ1n) is 7.95. The van der Waals surface area contributed by atoms with Crippen molar-refractivity contribution >= 4 is 17.5 Å². The van der Waals surface area contributed by atoms with Crippen LogP contribution < -0.4 is 11.4 Å². The van der Waals surface area contributed by atoms with Gasteiger partial charge in [-0.2, -0.15) is 18.3 Å². The third-order valence-corrected chi connectivity index (χ3v) is 4.07. The first-order valence-corrected chi connectivity index (χ1v) is 8.33. The van der Waals surface area contributed by atoms with Crippen LogP contribution in [0.2, 0.25) is 5.02 Å². The van der Waals surface area contributed by atoms with Gasteiger partial charge in [0.15, 0.2) is 17.8 Å². The van der Waals surface area contributed by atoms with Crippen LogP contribution in [0.1, 0.15) is 16.4 Å². The summed E-state index contributed by atoms with van der Waals surface area (Å²) in [4.78, 5) is 27.5. The molecule has 3 aromatic rings. The fraction of sp³-hybridized carbons (Fsp3) is 0.267. The molecule has 1 amide bonds. The molecule has 10 nitrogen and oxygen atoms in total. The number of hydrogen-bond donors (Lipinski definition) is 3. The molecule has 0 unspecified atom stereocenters. The van der Waals surface area contributed by atoms with Crippen molar-refractivity contribution in [1.82, 2.24) is 29.5 Å². The largest absolute Gasteiger partial charge is 0.416 e. The normalized spacial score (nSPS) is 12.9. The molecule has 29 heavy (non-hydrogen) atoms. The average molecular weight is 432 g/mol. The van der Waals surface area contributed by atoms with Gasteiger partial charge in [-0.25, -0.2) is 14.5 Å². The van der Waals surface area contributed by atoms with Crippen molar-refractivity contribution in [3.05, 3.63) is 51.4 Å². The Morgan fingerprint density at radius 3 is 2.52 bits per heavy atom. The molecule has 0 aliphatic carbocycles.